The first-order chi connectivity index (χ1) is 13.0. The van der Waals surface area contributed by atoms with E-state index in [1.807, 2.05) is 30.3 Å². The van der Waals surface area contributed by atoms with Crippen LogP contribution < -0.4 is 15.8 Å². The van der Waals surface area contributed by atoms with Crippen molar-refractivity contribution in [3.8, 4) is 5.75 Å². The van der Waals surface area contributed by atoms with Crippen LogP contribution in [-0.2, 0) is 4.79 Å². The number of hydrogen-bond donors (Lipinski definition) is 3. The number of nitrogens with two attached hydrogens (primary N) is 1. The fraction of sp³-hybridized carbons (Fsp3) is 0.167. The van der Waals surface area contributed by atoms with Gasteiger partial charge in [-0.05, 0) is 19.1 Å². The van der Waals surface area contributed by atoms with Crippen molar-refractivity contribution in [2.24, 2.45) is 0 Å². The van der Waals surface area contributed by atoms with Crippen molar-refractivity contribution in [1.29, 1.82) is 0 Å². The van der Waals surface area contributed by atoms with Crippen molar-refractivity contribution in [3.63, 3.8) is 0 Å². The minimum absolute atomic E-state index is 0.210. The lowest BCUT2D eigenvalue weighted by Gasteiger charge is -2.13. The van der Waals surface area contributed by atoms with E-state index in [9.17, 15) is 4.79 Å². The molecule has 0 spiro atoms. The first-order valence-corrected chi connectivity index (χ1v) is 9.08. The maximum atomic E-state index is 12.6. The zero-order valence-corrected chi connectivity index (χ0v) is 15.5. The topological polar surface area (TPSA) is 119 Å². The molecule has 4 rings (SSSR count). The Bertz CT molecular complexity index is 1140. The summed E-state index contributed by atoms with van der Waals surface area (Å²) in [5, 5.41) is 11.3. The number of nitrogen functional groups attached to an aromatic ring is 1. The number of fused-ring (bicyclic) bond motifs is 3. The normalized spacial score (nSPS) is 12.4. The molecular weight excluding hydrogens is 366 g/mol. The summed E-state index contributed by atoms with van der Waals surface area (Å²) in [6, 6.07) is 11.4. The van der Waals surface area contributed by atoms with Crippen LogP contribution in [0.1, 0.15) is 6.92 Å². The predicted molar refractivity (Wildman–Crippen MR) is 105 cm³/mol. The minimum atomic E-state index is -0.434. The molecule has 27 heavy (non-hydrogen) atoms. The van der Waals surface area contributed by atoms with Gasteiger partial charge in [-0.25, -0.2) is 5.10 Å². The molecule has 1 atom stereocenters. The summed E-state index contributed by atoms with van der Waals surface area (Å²) in [6.07, 6.45) is 0. The first kappa shape index (κ1) is 17.2. The second-order valence-corrected chi connectivity index (χ2v) is 7.21. The van der Waals surface area contributed by atoms with Crippen LogP contribution in [0.4, 0.5) is 11.6 Å². The van der Waals surface area contributed by atoms with E-state index in [0.29, 0.717) is 22.2 Å². The van der Waals surface area contributed by atoms with Gasteiger partial charge < -0.3 is 20.2 Å². The van der Waals surface area contributed by atoms with Crippen LogP contribution in [0.3, 0.4) is 0 Å². The number of aromatic amines is 1. The lowest BCUT2D eigenvalue weighted by Crippen LogP contribution is -2.22. The number of methoxy groups -OCH3 is 1. The maximum Gasteiger partial charge on any atom is 0.237 e. The Kier molecular flexibility index (Phi) is 4.36. The number of nitrogens with zero attached hydrogens (tertiary/aromatic N) is 2. The molecule has 0 bridgehead atoms. The van der Waals surface area contributed by atoms with E-state index < -0.39 is 5.25 Å². The van der Waals surface area contributed by atoms with Crippen LogP contribution in [0.25, 0.3) is 21.9 Å². The molecule has 2 heterocycles. The van der Waals surface area contributed by atoms with Gasteiger partial charge in [-0.1, -0.05) is 30.0 Å². The summed E-state index contributed by atoms with van der Waals surface area (Å²) in [7, 11) is 1.56. The molecule has 9 heteroatoms. The number of ether oxygens (including phenoxy) is 1. The van der Waals surface area contributed by atoms with Gasteiger partial charge >= 0.3 is 0 Å². The van der Waals surface area contributed by atoms with Gasteiger partial charge in [-0.2, -0.15) is 4.98 Å². The Labute approximate surface area is 158 Å². The van der Waals surface area contributed by atoms with Gasteiger partial charge in [-0.15, -0.1) is 5.10 Å². The quantitative estimate of drug-likeness (QED) is 0.452. The summed E-state index contributed by atoms with van der Waals surface area (Å²) < 4.78 is 11.3. The van der Waals surface area contributed by atoms with E-state index in [2.05, 4.69) is 20.5 Å². The summed E-state index contributed by atoms with van der Waals surface area (Å²) >= 11 is 1.20. The Morgan fingerprint density at radius 1 is 1.30 bits per heavy atom. The number of carbonyl (C=O) groups excluding carboxylic acids is 1. The molecule has 1 amide bonds. The predicted octanol–water partition coefficient (Wildman–Crippen LogP) is 3.41. The number of hydrogen-bond acceptors (Lipinski definition) is 7. The molecule has 0 saturated heterocycles. The van der Waals surface area contributed by atoms with Crippen LogP contribution in [0.5, 0.6) is 5.75 Å². The van der Waals surface area contributed by atoms with Gasteiger partial charge in [0, 0.05) is 16.8 Å². The Hall–Kier alpha value is -3.20. The highest BCUT2D eigenvalue weighted by molar-refractivity contribution is 8.00. The third kappa shape index (κ3) is 3.28. The highest BCUT2D eigenvalue weighted by Crippen LogP contribution is 2.36. The van der Waals surface area contributed by atoms with Crippen molar-refractivity contribution in [2.45, 2.75) is 17.3 Å². The number of thioether (sulfide) groups is 1. The number of para-hydroxylation sites is 1. The van der Waals surface area contributed by atoms with Crippen molar-refractivity contribution < 1.29 is 13.9 Å². The van der Waals surface area contributed by atoms with Gasteiger partial charge in [0.2, 0.25) is 17.0 Å². The summed E-state index contributed by atoms with van der Waals surface area (Å²) in [6.45, 7) is 1.76. The number of anilines is 2. The number of aromatic nitrogens is 3. The Morgan fingerprint density at radius 3 is 2.85 bits per heavy atom. The van der Waals surface area contributed by atoms with Crippen LogP contribution >= 0.6 is 11.8 Å². The van der Waals surface area contributed by atoms with E-state index in [1.54, 1.807) is 20.1 Å². The molecule has 0 aliphatic heterocycles. The Morgan fingerprint density at radius 2 is 2.11 bits per heavy atom. The van der Waals surface area contributed by atoms with Crippen LogP contribution in [0, 0.1) is 0 Å². The first-order valence-electron chi connectivity index (χ1n) is 8.20. The fourth-order valence-electron chi connectivity index (χ4n) is 2.77. The van der Waals surface area contributed by atoms with E-state index >= 15 is 0 Å². The zero-order chi connectivity index (χ0) is 19.0. The number of rotatable bonds is 5. The highest BCUT2D eigenvalue weighted by atomic mass is 32.2. The molecule has 2 aromatic heterocycles. The number of carbonyl (C=O) groups is 1. The molecule has 4 aromatic rings. The van der Waals surface area contributed by atoms with Crippen molar-refractivity contribution in [1.82, 2.24) is 15.2 Å². The molecule has 0 aliphatic rings. The van der Waals surface area contributed by atoms with Crippen LogP contribution in [0.2, 0.25) is 0 Å². The lowest BCUT2D eigenvalue weighted by atomic mass is 10.1. The SMILES string of the molecule is COc1cc2c(cc1NC(=O)[C@H](C)Sc1n[nH]c(N)n1)oc1ccccc12. The van der Waals surface area contributed by atoms with Crippen molar-refractivity contribution in [3.05, 3.63) is 36.4 Å². The molecule has 0 aliphatic carbocycles. The molecule has 4 N–H and O–H groups in total. The number of furan rings is 1. The monoisotopic (exact) mass is 383 g/mol. The second-order valence-electron chi connectivity index (χ2n) is 5.90. The molecule has 138 valence electrons. The molecule has 0 saturated carbocycles. The molecule has 0 fully saturated rings. The van der Waals surface area contributed by atoms with E-state index in [1.165, 1.54) is 11.8 Å². The third-order valence-corrected chi connectivity index (χ3v) is 5.05. The number of nitrogens with one attached hydrogen (secondary N) is 2. The van der Waals surface area contributed by atoms with E-state index in [4.69, 9.17) is 14.9 Å². The fourth-order valence-corrected chi connectivity index (χ4v) is 3.51. The molecule has 0 unspecified atom stereocenters. The van der Waals surface area contributed by atoms with Gasteiger partial charge in [0.05, 0.1) is 18.0 Å². The van der Waals surface area contributed by atoms with E-state index in [0.717, 1.165) is 16.4 Å². The lowest BCUT2D eigenvalue weighted by molar-refractivity contribution is -0.115. The smallest absolute Gasteiger partial charge is 0.237 e. The molecule has 0 radical (unpaired) electrons. The Balaban J connectivity index is 1.62. The number of H-pyrrole nitrogens is 1. The standard InChI is InChI=1S/C18H17N5O3S/c1-9(27-18-21-17(19)22-23-18)16(24)20-12-8-14-11(7-15(12)25-2)10-5-3-4-6-13(10)26-14/h3-9H,1-2H3,(H,20,24)(H3,19,21,22,23)/t9-/m0/s1. The maximum absolute atomic E-state index is 12.6. The largest absolute Gasteiger partial charge is 0.495 e. The van der Waals surface area contributed by atoms with Crippen LogP contribution in [0.15, 0.2) is 46.0 Å². The van der Waals surface area contributed by atoms with Crippen molar-refractivity contribution >= 4 is 51.2 Å². The number of benzene rings is 2. The van der Waals surface area contributed by atoms with Gasteiger partial charge in [0.15, 0.2) is 0 Å². The average molecular weight is 383 g/mol. The molecule has 8 nitrogen and oxygen atoms in total. The summed E-state index contributed by atoms with van der Waals surface area (Å²) in [4.78, 5) is 16.6. The van der Waals surface area contributed by atoms with E-state index in [-0.39, 0.29) is 11.9 Å². The number of amides is 1. The minimum Gasteiger partial charge on any atom is -0.495 e. The molecular formula is C18H17N5O3S. The van der Waals surface area contributed by atoms with Gasteiger partial charge in [-0.3, -0.25) is 4.79 Å². The second kappa shape index (κ2) is 6.84. The zero-order valence-electron chi connectivity index (χ0n) is 14.6. The molecule has 2 aromatic carbocycles. The average Bonchev–Trinajstić information content (AvgIpc) is 3.23. The summed E-state index contributed by atoms with van der Waals surface area (Å²) in [5.74, 6) is 0.556. The summed E-state index contributed by atoms with van der Waals surface area (Å²) in [5.41, 5.74) is 7.50. The third-order valence-electron chi connectivity index (χ3n) is 4.09. The van der Waals surface area contributed by atoms with Gasteiger partial charge in [0.1, 0.15) is 16.9 Å². The van der Waals surface area contributed by atoms with Crippen LogP contribution in [-0.4, -0.2) is 33.4 Å². The highest BCUT2D eigenvalue weighted by Gasteiger charge is 2.20. The van der Waals surface area contributed by atoms with Crippen molar-refractivity contribution in [2.75, 3.05) is 18.2 Å². The van der Waals surface area contributed by atoms with Gasteiger partial charge in [0.25, 0.3) is 0 Å².